The molecule has 0 amide bonds. The Hall–Kier alpha value is -0.340. The van der Waals surface area contributed by atoms with Gasteiger partial charge in [0.25, 0.3) is 0 Å². The Morgan fingerprint density at radius 3 is 2.25 bits per heavy atom. The highest BCUT2D eigenvalue weighted by molar-refractivity contribution is 4.99. The van der Waals surface area contributed by atoms with Gasteiger partial charge in [0.05, 0.1) is 0 Å². The number of unbranched alkanes of at least 4 members (excludes halogenated alkanes) is 3. The lowest BCUT2D eigenvalue weighted by molar-refractivity contribution is 0.0784. The molecule has 2 nitrogen and oxygen atoms in total. The highest BCUT2D eigenvalue weighted by Gasteiger charge is 2.39. The third-order valence-electron chi connectivity index (χ3n) is 5.26. The molecule has 1 fully saturated rings. The van der Waals surface area contributed by atoms with Gasteiger partial charge in [0.2, 0.25) is 0 Å². The third kappa shape index (κ3) is 4.89. The van der Waals surface area contributed by atoms with Crippen molar-refractivity contribution in [1.82, 2.24) is 10.2 Å². The second-order valence-corrected chi connectivity index (χ2v) is 6.68. The smallest absolute Gasteiger partial charge is 0.0356 e. The van der Waals surface area contributed by atoms with Gasteiger partial charge in [0.1, 0.15) is 0 Å². The zero-order chi connectivity index (χ0) is 14.8. The maximum absolute atomic E-state index is 3.81. The highest BCUT2D eigenvalue weighted by atomic mass is 15.2. The number of rotatable bonds is 9. The Morgan fingerprint density at radius 1 is 1.10 bits per heavy atom. The fourth-order valence-corrected chi connectivity index (χ4v) is 3.94. The van der Waals surface area contributed by atoms with Crippen molar-refractivity contribution in [2.75, 3.05) is 21.1 Å². The summed E-state index contributed by atoms with van der Waals surface area (Å²) in [5, 5.41) is 3.65. The summed E-state index contributed by atoms with van der Waals surface area (Å²) in [7, 11) is 6.73. The summed E-state index contributed by atoms with van der Waals surface area (Å²) in [5.74, 6) is 0. The summed E-state index contributed by atoms with van der Waals surface area (Å²) in [6.45, 7) is 3.81. The number of nitrogens with one attached hydrogen (secondary N) is 1. The van der Waals surface area contributed by atoms with E-state index in [1.165, 1.54) is 70.6 Å². The lowest BCUT2D eigenvalue weighted by Crippen LogP contribution is -2.58. The van der Waals surface area contributed by atoms with Crippen molar-refractivity contribution >= 4 is 0 Å². The van der Waals surface area contributed by atoms with Crippen LogP contribution < -0.4 is 5.32 Å². The maximum Gasteiger partial charge on any atom is 0.0356 e. The monoisotopic (exact) mass is 280 g/mol. The van der Waals surface area contributed by atoms with Crippen molar-refractivity contribution in [1.29, 1.82) is 0 Å². The summed E-state index contributed by atoms with van der Waals surface area (Å²) >= 11 is 0. The Bertz CT molecular complexity index is 252. The molecule has 0 bridgehead atoms. The standard InChI is InChI=1S/C18H36N2/c1-5-6-7-8-11-14-17(19-2)18(20(3)4)15-12-9-10-13-16-18/h5,17,19H,1,6-16H2,2-4H3. The number of nitrogens with zero attached hydrogens (tertiary/aromatic N) is 1. The summed E-state index contributed by atoms with van der Waals surface area (Å²) in [5.41, 5.74) is 0.379. The molecule has 1 unspecified atom stereocenters. The molecule has 0 saturated heterocycles. The van der Waals surface area contributed by atoms with Crippen molar-refractivity contribution in [3.05, 3.63) is 12.7 Å². The van der Waals surface area contributed by atoms with Gasteiger partial charge in [-0.15, -0.1) is 6.58 Å². The van der Waals surface area contributed by atoms with E-state index in [1.807, 2.05) is 6.08 Å². The minimum absolute atomic E-state index is 0.379. The van der Waals surface area contributed by atoms with E-state index in [0.29, 0.717) is 11.6 Å². The number of allylic oxidation sites excluding steroid dienone is 1. The molecule has 20 heavy (non-hydrogen) atoms. The molecule has 1 aliphatic carbocycles. The van der Waals surface area contributed by atoms with Gasteiger partial charge < -0.3 is 10.2 Å². The first kappa shape index (κ1) is 17.7. The molecular formula is C18H36N2. The first-order valence-corrected chi connectivity index (χ1v) is 8.63. The van der Waals surface area contributed by atoms with Crippen molar-refractivity contribution in [2.24, 2.45) is 0 Å². The molecule has 1 saturated carbocycles. The van der Waals surface area contributed by atoms with E-state index in [1.54, 1.807) is 0 Å². The van der Waals surface area contributed by atoms with E-state index in [4.69, 9.17) is 0 Å². The van der Waals surface area contributed by atoms with Gasteiger partial charge in [-0.1, -0.05) is 44.6 Å². The van der Waals surface area contributed by atoms with Crippen LogP contribution in [0.4, 0.5) is 0 Å². The third-order valence-corrected chi connectivity index (χ3v) is 5.26. The van der Waals surface area contributed by atoms with Gasteiger partial charge >= 0.3 is 0 Å². The Morgan fingerprint density at radius 2 is 1.75 bits per heavy atom. The molecule has 1 N–H and O–H groups in total. The van der Waals surface area contributed by atoms with Gasteiger partial charge in [-0.25, -0.2) is 0 Å². The first-order chi connectivity index (χ1) is 9.67. The van der Waals surface area contributed by atoms with Crippen LogP contribution in [0.1, 0.15) is 70.6 Å². The van der Waals surface area contributed by atoms with Crippen LogP contribution in [0, 0.1) is 0 Å². The number of hydrogen-bond donors (Lipinski definition) is 1. The van der Waals surface area contributed by atoms with E-state index in [2.05, 4.69) is 37.9 Å². The molecule has 0 aromatic carbocycles. The molecule has 118 valence electrons. The van der Waals surface area contributed by atoms with Crippen molar-refractivity contribution in [3.63, 3.8) is 0 Å². The van der Waals surface area contributed by atoms with Gasteiger partial charge in [0, 0.05) is 11.6 Å². The molecule has 2 heteroatoms. The van der Waals surface area contributed by atoms with Crippen LogP contribution in [0.15, 0.2) is 12.7 Å². The summed E-state index contributed by atoms with van der Waals surface area (Å²) in [6.07, 6.45) is 16.9. The van der Waals surface area contributed by atoms with Crippen molar-refractivity contribution < 1.29 is 0 Å². The lowest BCUT2D eigenvalue weighted by atomic mass is 9.79. The number of likely N-dealkylation sites (N-methyl/N-ethyl adjacent to an activating group) is 2. The molecule has 0 heterocycles. The zero-order valence-corrected chi connectivity index (χ0v) is 14.1. The van der Waals surface area contributed by atoms with Crippen LogP contribution in [-0.2, 0) is 0 Å². The van der Waals surface area contributed by atoms with E-state index in [0.717, 1.165) is 0 Å². The van der Waals surface area contributed by atoms with Crippen LogP contribution in [0.2, 0.25) is 0 Å². The largest absolute Gasteiger partial charge is 0.315 e. The predicted octanol–water partition coefficient (Wildman–Crippen LogP) is 4.37. The van der Waals surface area contributed by atoms with Gasteiger partial charge in [-0.2, -0.15) is 0 Å². The Labute approximate surface area is 127 Å². The SMILES string of the molecule is C=CCCCCCC(NC)C1(N(C)C)CCCCCC1. The summed E-state index contributed by atoms with van der Waals surface area (Å²) in [4.78, 5) is 2.52. The summed E-state index contributed by atoms with van der Waals surface area (Å²) < 4.78 is 0. The average Bonchev–Trinajstić information content (AvgIpc) is 2.69. The molecule has 0 spiro atoms. The minimum atomic E-state index is 0.379. The van der Waals surface area contributed by atoms with Gasteiger partial charge in [-0.05, 0) is 53.2 Å². The first-order valence-electron chi connectivity index (χ1n) is 8.63. The van der Waals surface area contributed by atoms with Crippen LogP contribution in [0.25, 0.3) is 0 Å². The Balaban J connectivity index is 2.58. The van der Waals surface area contributed by atoms with E-state index in [9.17, 15) is 0 Å². The molecular weight excluding hydrogens is 244 g/mol. The quantitative estimate of drug-likeness (QED) is 0.383. The predicted molar refractivity (Wildman–Crippen MR) is 90.2 cm³/mol. The average molecular weight is 280 g/mol. The van der Waals surface area contributed by atoms with Crippen LogP contribution in [0.5, 0.6) is 0 Å². The van der Waals surface area contributed by atoms with Gasteiger partial charge in [-0.3, -0.25) is 0 Å². The fourth-order valence-electron chi connectivity index (χ4n) is 3.94. The van der Waals surface area contributed by atoms with E-state index >= 15 is 0 Å². The molecule has 0 aromatic heterocycles. The molecule has 0 aliphatic heterocycles. The van der Waals surface area contributed by atoms with E-state index in [-0.39, 0.29) is 0 Å². The van der Waals surface area contributed by atoms with Crippen molar-refractivity contribution in [3.8, 4) is 0 Å². The number of hydrogen-bond acceptors (Lipinski definition) is 2. The lowest BCUT2D eigenvalue weighted by Gasteiger charge is -2.46. The van der Waals surface area contributed by atoms with Gasteiger partial charge in [0.15, 0.2) is 0 Å². The normalized spacial score (nSPS) is 20.6. The molecule has 1 rings (SSSR count). The molecule has 0 radical (unpaired) electrons. The Kier molecular flexibility index (Phi) is 8.47. The fraction of sp³-hybridized carbons (Fsp3) is 0.889. The van der Waals surface area contributed by atoms with Crippen LogP contribution in [0.3, 0.4) is 0 Å². The second kappa shape index (κ2) is 9.57. The molecule has 0 aromatic rings. The summed E-state index contributed by atoms with van der Waals surface area (Å²) in [6, 6.07) is 0.638. The maximum atomic E-state index is 3.81. The second-order valence-electron chi connectivity index (χ2n) is 6.68. The highest BCUT2D eigenvalue weighted by Crippen LogP contribution is 2.35. The van der Waals surface area contributed by atoms with Crippen molar-refractivity contribution in [2.45, 2.75) is 82.2 Å². The van der Waals surface area contributed by atoms with Crippen LogP contribution in [-0.4, -0.2) is 37.6 Å². The molecule has 1 aliphatic rings. The van der Waals surface area contributed by atoms with E-state index < -0.39 is 0 Å². The minimum Gasteiger partial charge on any atom is -0.315 e. The molecule has 1 atom stereocenters. The zero-order valence-electron chi connectivity index (χ0n) is 14.1. The topological polar surface area (TPSA) is 15.3 Å². The van der Waals surface area contributed by atoms with Crippen LogP contribution >= 0.6 is 0 Å².